The Morgan fingerprint density at radius 1 is 0.306 bits per heavy atom. The summed E-state index contributed by atoms with van der Waals surface area (Å²) in [5, 5.41) is 2.62. The van der Waals surface area contributed by atoms with E-state index in [1.54, 1.807) is 0 Å². The maximum atomic E-state index is 2.16. The van der Waals surface area contributed by atoms with E-state index in [1.165, 1.54) is 21.9 Å². The van der Waals surface area contributed by atoms with E-state index in [0.717, 1.165) is 12.8 Å². The summed E-state index contributed by atoms with van der Waals surface area (Å²) in [6.45, 7) is 12.3. The second-order valence-corrected chi connectivity index (χ2v) is 7.18. The minimum absolute atomic E-state index is 1.14. The highest BCUT2D eigenvalue weighted by Crippen LogP contribution is 2.11. The van der Waals surface area contributed by atoms with E-state index in [9.17, 15) is 0 Å². The zero-order valence-electron chi connectivity index (χ0n) is 23.3. The van der Waals surface area contributed by atoms with Crippen molar-refractivity contribution >= 4 is 10.8 Å². The van der Waals surface area contributed by atoms with Gasteiger partial charge in [-0.15, -0.1) is 0 Å². The van der Waals surface area contributed by atoms with Crippen molar-refractivity contribution in [3.63, 3.8) is 0 Å². The van der Waals surface area contributed by atoms with Gasteiger partial charge in [-0.25, -0.2) is 0 Å². The number of rotatable bonds is 2. The highest BCUT2D eigenvalue weighted by molar-refractivity contribution is 5.82. The molecule has 0 saturated carbocycles. The summed E-state index contributed by atoms with van der Waals surface area (Å²) >= 11 is 0. The Morgan fingerprint density at radius 2 is 0.500 bits per heavy atom. The maximum Gasteiger partial charge on any atom is -0.0184 e. The third-order valence-electron chi connectivity index (χ3n) is 4.83. The van der Waals surface area contributed by atoms with Gasteiger partial charge in [-0.05, 0) is 34.7 Å². The van der Waals surface area contributed by atoms with Crippen LogP contribution in [0.15, 0.2) is 146 Å². The summed E-state index contributed by atoms with van der Waals surface area (Å²) in [5.74, 6) is 0. The van der Waals surface area contributed by atoms with Crippen LogP contribution in [0.4, 0.5) is 0 Å². The van der Waals surface area contributed by atoms with Crippen molar-refractivity contribution in [3.8, 4) is 0 Å². The van der Waals surface area contributed by atoms with Crippen LogP contribution in [0.25, 0.3) is 10.8 Å². The van der Waals surface area contributed by atoms with Crippen molar-refractivity contribution in [2.24, 2.45) is 0 Å². The molecule has 190 valence electrons. The summed E-state index contributed by atoms with van der Waals surface area (Å²) in [6.07, 6.45) is 2.28. The molecule has 0 N–H and O–H groups in total. The maximum absolute atomic E-state index is 2.16. The van der Waals surface area contributed by atoms with Crippen molar-refractivity contribution in [2.45, 2.75) is 54.4 Å². The Kier molecular flexibility index (Phi) is 22.0. The summed E-state index contributed by atoms with van der Waals surface area (Å²) in [5.41, 5.74) is 2.82. The van der Waals surface area contributed by atoms with Crippen LogP contribution in [0.3, 0.4) is 0 Å². The average molecular weight is 479 g/mol. The lowest BCUT2D eigenvalue weighted by Gasteiger charge is -1.92. The Hall–Kier alpha value is -3.64. The first kappa shape index (κ1) is 32.4. The number of aryl methyl sites for hydroxylation is 2. The molecule has 0 aliphatic rings. The predicted molar refractivity (Wildman–Crippen MR) is 165 cm³/mol. The van der Waals surface area contributed by atoms with E-state index in [1.807, 2.05) is 76.2 Å². The highest BCUT2D eigenvalue weighted by atomic mass is 13.9. The van der Waals surface area contributed by atoms with Crippen LogP contribution in [-0.4, -0.2) is 0 Å². The smallest absolute Gasteiger partial charge is 0.0184 e. The third-order valence-corrected chi connectivity index (χ3v) is 4.83. The van der Waals surface area contributed by atoms with Gasteiger partial charge in [0.25, 0.3) is 0 Å². The first-order chi connectivity index (χ1) is 17.8. The molecule has 0 nitrogen and oxygen atoms in total. The van der Waals surface area contributed by atoms with Crippen molar-refractivity contribution in [3.05, 3.63) is 157 Å². The Morgan fingerprint density at radius 3 is 0.694 bits per heavy atom. The zero-order chi connectivity index (χ0) is 26.7. The van der Waals surface area contributed by atoms with E-state index in [4.69, 9.17) is 0 Å². The van der Waals surface area contributed by atoms with Gasteiger partial charge in [-0.2, -0.15) is 0 Å². The van der Waals surface area contributed by atoms with Crippen LogP contribution < -0.4 is 0 Å². The molecule has 0 atom stereocenters. The molecule has 0 aliphatic heterocycles. The largest absolute Gasteiger partial charge is 0.0683 e. The normalized spacial score (nSPS) is 8.50. The van der Waals surface area contributed by atoms with Crippen LogP contribution in [0.5, 0.6) is 0 Å². The minimum Gasteiger partial charge on any atom is -0.0683 e. The van der Waals surface area contributed by atoms with Crippen molar-refractivity contribution in [2.75, 3.05) is 0 Å². The Labute approximate surface area is 221 Å². The highest BCUT2D eigenvalue weighted by Gasteiger charge is 1.85. The topological polar surface area (TPSA) is 0 Å². The molecular weight excluding hydrogens is 432 g/mol. The fourth-order valence-corrected chi connectivity index (χ4v) is 2.95. The molecule has 0 radical (unpaired) electrons. The molecule has 0 saturated heterocycles. The molecule has 5 aromatic carbocycles. The monoisotopic (exact) mass is 478 g/mol. The second-order valence-electron chi connectivity index (χ2n) is 7.18. The van der Waals surface area contributed by atoms with E-state index in [-0.39, 0.29) is 0 Å². The lowest BCUT2D eigenvalue weighted by Crippen LogP contribution is -1.73. The molecule has 0 amide bonds. The zero-order valence-corrected chi connectivity index (χ0v) is 23.3. The van der Waals surface area contributed by atoms with Gasteiger partial charge < -0.3 is 0 Å². The predicted octanol–water partition coefficient (Wildman–Crippen LogP) is 11.1. The summed E-state index contributed by atoms with van der Waals surface area (Å²) in [4.78, 5) is 0. The molecule has 0 unspecified atom stereocenters. The van der Waals surface area contributed by atoms with Crippen LogP contribution in [0.2, 0.25) is 0 Å². The quantitative estimate of drug-likeness (QED) is 0.237. The molecule has 0 fully saturated rings. The summed E-state index contributed by atoms with van der Waals surface area (Å²) in [6, 6.07) is 49.6. The molecule has 0 bridgehead atoms. The lowest BCUT2D eigenvalue weighted by molar-refractivity contribution is 1.14. The fraction of sp³-hybridized carbons (Fsp3) is 0.222. The van der Waals surface area contributed by atoms with Gasteiger partial charge in [0.2, 0.25) is 0 Å². The first-order valence-electron chi connectivity index (χ1n) is 13.3. The summed E-state index contributed by atoms with van der Waals surface area (Å²) < 4.78 is 0. The molecule has 36 heavy (non-hydrogen) atoms. The number of benzene rings is 5. The number of hydrogen-bond acceptors (Lipinski definition) is 0. The molecule has 0 spiro atoms. The minimum atomic E-state index is 1.14. The van der Waals surface area contributed by atoms with Gasteiger partial charge in [0.1, 0.15) is 0 Å². The molecular formula is C36H46. The van der Waals surface area contributed by atoms with Crippen LogP contribution in [-0.2, 0) is 12.8 Å². The number of fused-ring (bicyclic) bond motifs is 1. The standard InChI is InChI=1S/C10H8.2C8H10.C6H6.2C2H6/c1-2-6-10-8-4-3-7-9(10)5-1;2*1-2-8-6-4-3-5-7-8;1-2-4-6-5-3-1;2*1-2/h1-8H;2*3-7H,2H2,1H3;1-6H;2*1-2H3. The van der Waals surface area contributed by atoms with E-state index >= 15 is 0 Å². The van der Waals surface area contributed by atoms with E-state index in [2.05, 4.69) is 111 Å². The Balaban J connectivity index is 0.000000439. The van der Waals surface area contributed by atoms with Gasteiger partial charge in [0.15, 0.2) is 0 Å². The third kappa shape index (κ3) is 16.1. The SMILES string of the molecule is CC.CC.CCc1ccccc1.CCc1ccccc1.c1ccc2ccccc2c1.c1ccccc1. The van der Waals surface area contributed by atoms with Gasteiger partial charge in [0, 0.05) is 0 Å². The average Bonchev–Trinajstić information content (AvgIpc) is 3.02. The lowest BCUT2D eigenvalue weighted by atomic mass is 10.1. The Bertz CT molecular complexity index is 936. The van der Waals surface area contributed by atoms with Crippen LogP contribution >= 0.6 is 0 Å². The second kappa shape index (κ2) is 24.5. The van der Waals surface area contributed by atoms with Gasteiger partial charge in [0.05, 0.1) is 0 Å². The summed E-state index contributed by atoms with van der Waals surface area (Å²) in [7, 11) is 0. The molecule has 0 heterocycles. The molecule has 5 rings (SSSR count). The van der Waals surface area contributed by atoms with Gasteiger partial charge >= 0.3 is 0 Å². The van der Waals surface area contributed by atoms with Crippen molar-refractivity contribution < 1.29 is 0 Å². The molecule has 5 aromatic rings. The fourth-order valence-electron chi connectivity index (χ4n) is 2.95. The van der Waals surface area contributed by atoms with Crippen LogP contribution in [0.1, 0.15) is 52.7 Å². The van der Waals surface area contributed by atoms with Crippen molar-refractivity contribution in [1.82, 2.24) is 0 Å². The van der Waals surface area contributed by atoms with Gasteiger partial charge in [-0.1, -0.05) is 187 Å². The van der Waals surface area contributed by atoms with Crippen molar-refractivity contribution in [1.29, 1.82) is 0 Å². The number of hydrogen-bond donors (Lipinski definition) is 0. The van der Waals surface area contributed by atoms with E-state index in [0.29, 0.717) is 0 Å². The first-order valence-corrected chi connectivity index (χ1v) is 13.3. The molecule has 0 heteroatoms. The van der Waals surface area contributed by atoms with E-state index < -0.39 is 0 Å². The molecule has 0 aliphatic carbocycles. The van der Waals surface area contributed by atoms with Crippen LogP contribution in [0, 0.1) is 0 Å². The molecule has 0 aromatic heterocycles. The van der Waals surface area contributed by atoms with Gasteiger partial charge in [-0.3, -0.25) is 0 Å².